The summed E-state index contributed by atoms with van der Waals surface area (Å²) in [6.45, 7) is 6.81. The van der Waals surface area contributed by atoms with E-state index in [1.807, 2.05) is 12.4 Å². The summed E-state index contributed by atoms with van der Waals surface area (Å²) in [5.74, 6) is 0.578. The van der Waals surface area contributed by atoms with E-state index in [0.29, 0.717) is 5.92 Å². The van der Waals surface area contributed by atoms with Crippen molar-refractivity contribution in [3.05, 3.63) is 24.0 Å². The van der Waals surface area contributed by atoms with Crippen molar-refractivity contribution in [2.24, 2.45) is 0 Å². The molecule has 0 amide bonds. The average molecular weight is 176 g/mol. The van der Waals surface area contributed by atoms with Gasteiger partial charge in [-0.2, -0.15) is 0 Å². The fourth-order valence-corrected chi connectivity index (χ4v) is 1.51. The molecule has 1 aliphatic heterocycles. The zero-order valence-electron chi connectivity index (χ0n) is 8.33. The van der Waals surface area contributed by atoms with Crippen molar-refractivity contribution in [2.45, 2.75) is 26.2 Å². The molecule has 0 N–H and O–H groups in total. The number of hydrogen-bond donors (Lipinski definition) is 0. The Morgan fingerprint density at radius 1 is 1.31 bits per heavy atom. The molecule has 70 valence electrons. The largest absolute Gasteiger partial charge is 0.370 e. The van der Waals surface area contributed by atoms with E-state index in [9.17, 15) is 0 Å². The van der Waals surface area contributed by atoms with Gasteiger partial charge in [0, 0.05) is 19.3 Å². The van der Waals surface area contributed by atoms with Crippen LogP contribution in [0.15, 0.2) is 18.5 Å². The molecule has 0 bridgehead atoms. The van der Waals surface area contributed by atoms with Crippen LogP contribution in [0.4, 0.5) is 5.69 Å². The van der Waals surface area contributed by atoms with Crippen LogP contribution in [0.1, 0.15) is 31.7 Å². The third kappa shape index (κ3) is 1.67. The van der Waals surface area contributed by atoms with Gasteiger partial charge in [-0.15, -0.1) is 0 Å². The molecule has 0 aliphatic carbocycles. The first-order valence-electron chi connectivity index (χ1n) is 4.97. The van der Waals surface area contributed by atoms with E-state index < -0.39 is 0 Å². The van der Waals surface area contributed by atoms with Crippen LogP contribution in [0, 0.1) is 0 Å². The molecular weight excluding hydrogens is 160 g/mol. The van der Waals surface area contributed by atoms with Crippen LogP contribution >= 0.6 is 0 Å². The number of rotatable bonds is 2. The second-order valence-electron chi connectivity index (χ2n) is 3.97. The molecule has 1 saturated heterocycles. The minimum Gasteiger partial charge on any atom is -0.370 e. The zero-order valence-corrected chi connectivity index (χ0v) is 8.33. The molecule has 1 aliphatic rings. The lowest BCUT2D eigenvalue weighted by molar-refractivity contribution is 0.616. The molecule has 1 aromatic heterocycles. The van der Waals surface area contributed by atoms with Crippen molar-refractivity contribution < 1.29 is 0 Å². The minimum absolute atomic E-state index is 0.578. The number of aromatic nitrogens is 1. The van der Waals surface area contributed by atoms with E-state index in [1.54, 1.807) is 0 Å². The number of anilines is 1. The lowest BCUT2D eigenvalue weighted by Crippen LogP contribution is -2.37. The Hall–Kier alpha value is -1.05. The number of hydrogen-bond acceptors (Lipinski definition) is 2. The van der Waals surface area contributed by atoms with Gasteiger partial charge in [-0.05, 0) is 24.0 Å². The van der Waals surface area contributed by atoms with Crippen LogP contribution in [0.3, 0.4) is 0 Å². The van der Waals surface area contributed by atoms with Gasteiger partial charge in [0.1, 0.15) is 0 Å². The van der Waals surface area contributed by atoms with Gasteiger partial charge in [-0.25, -0.2) is 0 Å². The standard InChI is InChI=1S/C11H16N2/c1-9(2)10-6-11(8-12-7-10)13-4-3-5-13/h6-9H,3-5H2,1-2H3. The van der Waals surface area contributed by atoms with E-state index in [1.165, 1.54) is 30.8 Å². The first kappa shape index (κ1) is 8.54. The predicted octanol–water partition coefficient (Wildman–Crippen LogP) is 2.42. The van der Waals surface area contributed by atoms with E-state index >= 15 is 0 Å². The highest BCUT2D eigenvalue weighted by Gasteiger charge is 2.15. The molecule has 0 aromatic carbocycles. The molecule has 0 unspecified atom stereocenters. The van der Waals surface area contributed by atoms with E-state index in [-0.39, 0.29) is 0 Å². The molecular formula is C11H16N2. The lowest BCUT2D eigenvalue weighted by Gasteiger charge is -2.33. The minimum atomic E-state index is 0.578. The van der Waals surface area contributed by atoms with Crippen molar-refractivity contribution in [3.63, 3.8) is 0 Å². The summed E-state index contributed by atoms with van der Waals surface area (Å²) in [7, 11) is 0. The SMILES string of the molecule is CC(C)c1cncc(N2CCC2)c1. The Bertz CT molecular complexity index is 290. The van der Waals surface area contributed by atoms with Gasteiger partial charge in [0.2, 0.25) is 0 Å². The third-order valence-electron chi connectivity index (χ3n) is 2.63. The Balaban J connectivity index is 2.21. The maximum Gasteiger partial charge on any atom is 0.0555 e. The summed E-state index contributed by atoms with van der Waals surface area (Å²) < 4.78 is 0. The van der Waals surface area contributed by atoms with Gasteiger partial charge in [0.15, 0.2) is 0 Å². The summed E-state index contributed by atoms with van der Waals surface area (Å²) in [4.78, 5) is 6.64. The highest BCUT2D eigenvalue weighted by Crippen LogP contribution is 2.23. The van der Waals surface area contributed by atoms with Crippen LogP contribution < -0.4 is 4.90 Å². The number of nitrogens with zero attached hydrogens (tertiary/aromatic N) is 2. The highest BCUT2D eigenvalue weighted by atomic mass is 15.2. The molecule has 0 saturated carbocycles. The van der Waals surface area contributed by atoms with Crippen molar-refractivity contribution in [3.8, 4) is 0 Å². The average Bonchev–Trinajstić information content (AvgIpc) is 2.01. The zero-order chi connectivity index (χ0) is 9.26. The summed E-state index contributed by atoms with van der Waals surface area (Å²) >= 11 is 0. The summed E-state index contributed by atoms with van der Waals surface area (Å²) in [5, 5.41) is 0. The molecule has 13 heavy (non-hydrogen) atoms. The van der Waals surface area contributed by atoms with Gasteiger partial charge < -0.3 is 4.90 Å². The van der Waals surface area contributed by atoms with Crippen LogP contribution in [0.25, 0.3) is 0 Å². The second kappa shape index (κ2) is 3.36. The molecule has 0 atom stereocenters. The Labute approximate surface area is 79.6 Å². The maximum absolute atomic E-state index is 4.27. The van der Waals surface area contributed by atoms with E-state index in [2.05, 4.69) is 29.8 Å². The fourth-order valence-electron chi connectivity index (χ4n) is 1.51. The van der Waals surface area contributed by atoms with Crippen molar-refractivity contribution in [2.75, 3.05) is 18.0 Å². The fraction of sp³-hybridized carbons (Fsp3) is 0.545. The number of pyridine rings is 1. The van der Waals surface area contributed by atoms with Crippen molar-refractivity contribution in [1.82, 2.24) is 4.98 Å². The smallest absolute Gasteiger partial charge is 0.0555 e. The molecule has 0 radical (unpaired) electrons. The molecule has 2 heteroatoms. The Morgan fingerprint density at radius 3 is 2.62 bits per heavy atom. The Kier molecular flexibility index (Phi) is 2.21. The summed E-state index contributed by atoms with van der Waals surface area (Å²) in [6, 6.07) is 2.26. The van der Waals surface area contributed by atoms with E-state index in [4.69, 9.17) is 0 Å². The normalized spacial score (nSPS) is 16.1. The highest BCUT2D eigenvalue weighted by molar-refractivity contribution is 5.48. The maximum atomic E-state index is 4.27. The van der Waals surface area contributed by atoms with Crippen LogP contribution in [0.5, 0.6) is 0 Å². The Morgan fingerprint density at radius 2 is 2.08 bits per heavy atom. The molecule has 0 spiro atoms. The summed E-state index contributed by atoms with van der Waals surface area (Å²) in [5.41, 5.74) is 2.63. The first-order chi connectivity index (χ1) is 6.27. The molecule has 1 aromatic rings. The molecule has 1 fully saturated rings. The molecule has 2 rings (SSSR count). The van der Waals surface area contributed by atoms with Gasteiger partial charge >= 0.3 is 0 Å². The summed E-state index contributed by atoms with van der Waals surface area (Å²) in [6.07, 6.45) is 5.25. The third-order valence-corrected chi connectivity index (χ3v) is 2.63. The topological polar surface area (TPSA) is 16.1 Å². The lowest BCUT2D eigenvalue weighted by atomic mass is 10.0. The van der Waals surface area contributed by atoms with Gasteiger partial charge in [0.25, 0.3) is 0 Å². The molecule has 2 nitrogen and oxygen atoms in total. The monoisotopic (exact) mass is 176 g/mol. The predicted molar refractivity (Wildman–Crippen MR) is 55.2 cm³/mol. The van der Waals surface area contributed by atoms with Gasteiger partial charge in [-0.1, -0.05) is 13.8 Å². The first-order valence-corrected chi connectivity index (χ1v) is 4.97. The van der Waals surface area contributed by atoms with E-state index in [0.717, 1.165) is 0 Å². The molecule has 2 heterocycles. The van der Waals surface area contributed by atoms with Crippen LogP contribution in [-0.2, 0) is 0 Å². The quantitative estimate of drug-likeness (QED) is 0.688. The van der Waals surface area contributed by atoms with Crippen molar-refractivity contribution >= 4 is 5.69 Å². The second-order valence-corrected chi connectivity index (χ2v) is 3.97. The van der Waals surface area contributed by atoms with Gasteiger partial charge in [0.05, 0.1) is 11.9 Å². The van der Waals surface area contributed by atoms with Crippen LogP contribution in [0.2, 0.25) is 0 Å². The van der Waals surface area contributed by atoms with Gasteiger partial charge in [-0.3, -0.25) is 4.98 Å². The van der Waals surface area contributed by atoms with Crippen molar-refractivity contribution in [1.29, 1.82) is 0 Å². The van der Waals surface area contributed by atoms with Crippen LogP contribution in [-0.4, -0.2) is 18.1 Å².